The second-order valence-electron chi connectivity index (χ2n) is 2.99. The highest BCUT2D eigenvalue weighted by atomic mass is 16.6. The van der Waals surface area contributed by atoms with Crippen molar-refractivity contribution in [2.75, 3.05) is 6.61 Å². The molecule has 1 heterocycles. The average molecular weight is 242 g/mol. The molecule has 1 aromatic heterocycles. The van der Waals surface area contributed by atoms with Gasteiger partial charge in [0.15, 0.2) is 0 Å². The topological polar surface area (TPSA) is 130 Å². The number of amides is 1. The van der Waals surface area contributed by atoms with E-state index >= 15 is 0 Å². The van der Waals surface area contributed by atoms with Crippen LogP contribution in [0.15, 0.2) is 6.20 Å². The summed E-state index contributed by atoms with van der Waals surface area (Å²) in [6.07, 6.45) is 0.955. The third-order valence-corrected chi connectivity index (χ3v) is 1.74. The number of esters is 1. The molecule has 0 atom stereocenters. The molecule has 1 rings (SSSR count). The van der Waals surface area contributed by atoms with Crippen LogP contribution >= 0.6 is 0 Å². The van der Waals surface area contributed by atoms with Gasteiger partial charge in [-0.1, -0.05) is 0 Å². The predicted octanol–water partition coefficient (Wildman–Crippen LogP) is -0.547. The fourth-order valence-electron chi connectivity index (χ4n) is 1.14. The molecule has 0 aliphatic rings. The zero-order chi connectivity index (χ0) is 13.0. The van der Waals surface area contributed by atoms with E-state index in [1.165, 1.54) is 0 Å². The van der Waals surface area contributed by atoms with E-state index in [4.69, 9.17) is 5.73 Å². The zero-order valence-corrected chi connectivity index (χ0v) is 8.95. The molecule has 0 fully saturated rings. The van der Waals surface area contributed by atoms with Crippen molar-refractivity contribution in [1.82, 2.24) is 9.55 Å². The Bertz CT molecular complexity index is 466. The van der Waals surface area contributed by atoms with Gasteiger partial charge in [0.1, 0.15) is 12.7 Å². The molecule has 0 unspecified atom stereocenters. The Morgan fingerprint density at radius 3 is 2.76 bits per heavy atom. The molecular formula is C8H10N4O5. The number of rotatable bonds is 5. The summed E-state index contributed by atoms with van der Waals surface area (Å²) in [5, 5.41) is 10.5. The first-order valence-electron chi connectivity index (χ1n) is 4.62. The van der Waals surface area contributed by atoms with Gasteiger partial charge in [-0.05, 0) is 16.8 Å². The Labute approximate surface area is 95.3 Å². The number of nitrogens with zero attached hydrogens (tertiary/aromatic N) is 3. The van der Waals surface area contributed by atoms with Gasteiger partial charge in [0.25, 0.3) is 0 Å². The number of aromatic nitrogens is 2. The summed E-state index contributed by atoms with van der Waals surface area (Å²) in [7, 11) is 0. The third kappa shape index (κ3) is 3.00. The first-order valence-corrected chi connectivity index (χ1v) is 4.62. The van der Waals surface area contributed by atoms with Crippen LogP contribution in [0.5, 0.6) is 0 Å². The lowest BCUT2D eigenvalue weighted by Gasteiger charge is -2.00. The van der Waals surface area contributed by atoms with Gasteiger partial charge >= 0.3 is 17.6 Å². The van der Waals surface area contributed by atoms with Crippen LogP contribution in [-0.2, 0) is 16.1 Å². The SMILES string of the molecule is CCOC(=O)c1nc([N+](=O)[O-])cn1CC(N)=O. The van der Waals surface area contributed by atoms with Crippen LogP contribution in [0.4, 0.5) is 5.82 Å². The van der Waals surface area contributed by atoms with Crippen LogP contribution in [0.1, 0.15) is 17.5 Å². The summed E-state index contributed by atoms with van der Waals surface area (Å²) in [5.41, 5.74) is 4.94. The molecule has 0 radical (unpaired) electrons. The monoisotopic (exact) mass is 242 g/mol. The van der Waals surface area contributed by atoms with E-state index in [2.05, 4.69) is 9.72 Å². The van der Waals surface area contributed by atoms with Crippen molar-refractivity contribution in [3.05, 3.63) is 22.1 Å². The molecule has 0 spiro atoms. The van der Waals surface area contributed by atoms with E-state index in [-0.39, 0.29) is 19.0 Å². The minimum atomic E-state index is -0.846. The maximum absolute atomic E-state index is 11.4. The highest BCUT2D eigenvalue weighted by Crippen LogP contribution is 2.12. The lowest BCUT2D eigenvalue weighted by molar-refractivity contribution is -0.389. The van der Waals surface area contributed by atoms with Crippen molar-refractivity contribution in [1.29, 1.82) is 0 Å². The summed E-state index contributed by atoms with van der Waals surface area (Å²) in [6, 6.07) is 0. The quantitative estimate of drug-likeness (QED) is 0.419. The van der Waals surface area contributed by atoms with E-state index in [0.29, 0.717) is 0 Å². The lowest BCUT2D eigenvalue weighted by Crippen LogP contribution is -2.22. The highest BCUT2D eigenvalue weighted by molar-refractivity contribution is 5.86. The van der Waals surface area contributed by atoms with Crippen LogP contribution < -0.4 is 5.73 Å². The fraction of sp³-hybridized carbons (Fsp3) is 0.375. The van der Waals surface area contributed by atoms with Crippen LogP contribution in [0.25, 0.3) is 0 Å². The molecule has 1 amide bonds. The number of ether oxygens (including phenoxy) is 1. The molecule has 1 aromatic rings. The standard InChI is InChI=1S/C8H10N4O5/c1-2-17-8(14)7-10-6(12(15)16)4-11(7)3-5(9)13/h4H,2-3H2,1H3,(H2,9,13). The molecule has 9 heteroatoms. The smallest absolute Gasteiger partial charge is 0.401 e. The first kappa shape index (κ1) is 12.6. The van der Waals surface area contributed by atoms with Crippen LogP contribution in [0, 0.1) is 10.1 Å². The van der Waals surface area contributed by atoms with E-state index < -0.39 is 22.6 Å². The Morgan fingerprint density at radius 1 is 1.65 bits per heavy atom. The van der Waals surface area contributed by atoms with Crippen molar-refractivity contribution >= 4 is 17.7 Å². The normalized spacial score (nSPS) is 9.94. The van der Waals surface area contributed by atoms with Gasteiger partial charge in [-0.2, -0.15) is 0 Å². The molecule has 17 heavy (non-hydrogen) atoms. The molecule has 0 saturated carbocycles. The minimum Gasteiger partial charge on any atom is -0.458 e. The van der Waals surface area contributed by atoms with Crippen molar-refractivity contribution < 1.29 is 19.2 Å². The molecule has 0 bridgehead atoms. The number of nitrogens with two attached hydrogens (primary N) is 1. The Hall–Kier alpha value is -2.45. The lowest BCUT2D eigenvalue weighted by atomic mass is 10.5. The number of primary amides is 1. The largest absolute Gasteiger partial charge is 0.458 e. The summed E-state index contributed by atoms with van der Waals surface area (Å²) >= 11 is 0. The summed E-state index contributed by atoms with van der Waals surface area (Å²) in [5.74, 6) is -2.46. The van der Waals surface area contributed by atoms with E-state index in [9.17, 15) is 19.7 Å². The van der Waals surface area contributed by atoms with Gasteiger partial charge < -0.3 is 20.6 Å². The van der Waals surface area contributed by atoms with Gasteiger partial charge in [0, 0.05) is 0 Å². The second kappa shape index (κ2) is 5.05. The summed E-state index contributed by atoms with van der Waals surface area (Å²) in [4.78, 5) is 35.3. The van der Waals surface area contributed by atoms with Crippen molar-refractivity contribution in [2.45, 2.75) is 13.5 Å². The number of carbonyl (C=O) groups excluding carboxylic acids is 2. The van der Waals surface area contributed by atoms with Crippen LogP contribution in [0.3, 0.4) is 0 Å². The van der Waals surface area contributed by atoms with E-state index in [1.54, 1.807) is 6.92 Å². The number of carbonyl (C=O) groups is 2. The number of imidazole rings is 1. The number of hydrogen-bond donors (Lipinski definition) is 1. The fourth-order valence-corrected chi connectivity index (χ4v) is 1.14. The van der Waals surface area contributed by atoms with Crippen LogP contribution in [0.2, 0.25) is 0 Å². The van der Waals surface area contributed by atoms with E-state index in [0.717, 1.165) is 10.8 Å². The number of nitro groups is 1. The van der Waals surface area contributed by atoms with Crippen LogP contribution in [-0.4, -0.2) is 33.0 Å². The van der Waals surface area contributed by atoms with Gasteiger partial charge in [0.2, 0.25) is 5.91 Å². The first-order chi connectivity index (χ1) is 7.95. The Morgan fingerprint density at radius 2 is 2.29 bits per heavy atom. The maximum atomic E-state index is 11.4. The number of hydrogen-bond acceptors (Lipinski definition) is 6. The summed E-state index contributed by atoms with van der Waals surface area (Å²) < 4.78 is 5.63. The minimum absolute atomic E-state index is 0.0933. The second-order valence-corrected chi connectivity index (χ2v) is 2.99. The van der Waals surface area contributed by atoms with Crippen molar-refractivity contribution in [3.63, 3.8) is 0 Å². The molecular weight excluding hydrogens is 232 g/mol. The molecule has 0 saturated heterocycles. The molecule has 92 valence electrons. The predicted molar refractivity (Wildman–Crippen MR) is 54.0 cm³/mol. The molecule has 0 aliphatic heterocycles. The van der Waals surface area contributed by atoms with Gasteiger partial charge in [-0.25, -0.2) is 4.79 Å². The maximum Gasteiger partial charge on any atom is 0.401 e. The van der Waals surface area contributed by atoms with Gasteiger partial charge in [0.05, 0.1) is 6.61 Å². The molecule has 2 N–H and O–H groups in total. The third-order valence-electron chi connectivity index (χ3n) is 1.74. The molecule has 9 nitrogen and oxygen atoms in total. The van der Waals surface area contributed by atoms with Crippen molar-refractivity contribution in [3.8, 4) is 0 Å². The van der Waals surface area contributed by atoms with E-state index in [1.807, 2.05) is 0 Å². The summed E-state index contributed by atoms with van der Waals surface area (Å²) in [6.45, 7) is 1.29. The van der Waals surface area contributed by atoms with Gasteiger partial charge in [-0.3, -0.25) is 9.36 Å². The highest BCUT2D eigenvalue weighted by Gasteiger charge is 2.26. The molecule has 0 aliphatic carbocycles. The Kier molecular flexibility index (Phi) is 3.75. The molecule has 0 aromatic carbocycles. The van der Waals surface area contributed by atoms with Gasteiger partial charge in [-0.15, -0.1) is 0 Å². The Balaban J connectivity index is 3.11. The zero-order valence-electron chi connectivity index (χ0n) is 8.95. The van der Waals surface area contributed by atoms with Crippen molar-refractivity contribution in [2.24, 2.45) is 5.73 Å². The average Bonchev–Trinajstić information content (AvgIpc) is 2.61.